The zero-order valence-corrected chi connectivity index (χ0v) is 16.1. The number of fused-ring (bicyclic) bond motifs is 1. The van der Waals surface area contributed by atoms with Crippen LogP contribution in [0.5, 0.6) is 0 Å². The molecule has 0 unspecified atom stereocenters. The molecule has 0 saturated heterocycles. The number of rotatable bonds is 5. The molecule has 4 fully saturated rings. The van der Waals surface area contributed by atoms with Crippen molar-refractivity contribution < 1.29 is 4.79 Å². The fourth-order valence-corrected chi connectivity index (χ4v) is 6.21. The summed E-state index contributed by atoms with van der Waals surface area (Å²) < 4.78 is 1.83. The summed E-state index contributed by atoms with van der Waals surface area (Å²) in [6.07, 6.45) is 13.5. The lowest BCUT2D eigenvalue weighted by Gasteiger charge is -2.56. The molecule has 4 aliphatic carbocycles. The number of hydrogen-bond acceptors (Lipinski definition) is 3. The predicted molar refractivity (Wildman–Crippen MR) is 103 cm³/mol. The summed E-state index contributed by atoms with van der Waals surface area (Å²) in [5, 5.41) is 10.9. The summed E-state index contributed by atoms with van der Waals surface area (Å²) in [7, 11) is 0. The molecular weight excluding hydrogens is 338 g/mol. The summed E-state index contributed by atoms with van der Waals surface area (Å²) in [5.41, 5.74) is 3.09. The lowest BCUT2D eigenvalue weighted by atomic mass is 9.53. The molecule has 0 atom stereocenters. The van der Waals surface area contributed by atoms with E-state index in [4.69, 9.17) is 0 Å². The van der Waals surface area contributed by atoms with Gasteiger partial charge in [0.05, 0.1) is 5.69 Å². The molecule has 2 heterocycles. The van der Waals surface area contributed by atoms with Crippen molar-refractivity contribution >= 4 is 11.7 Å². The second-order valence-electron chi connectivity index (χ2n) is 9.23. The molecule has 6 nitrogen and oxygen atoms in total. The van der Waals surface area contributed by atoms with Crippen molar-refractivity contribution in [2.45, 2.75) is 63.8 Å². The standard InChI is InChI=1S/C21H29N5O/c1-14-5-19-23-12-15(13-26(19)25-14)3-2-4-22-20(27)24-21-9-16-6-17(10-21)8-18(7-16)11-21/h5,12-13,16-18H,2-4,6-11H2,1H3,(H2,22,24,27). The van der Waals surface area contributed by atoms with Gasteiger partial charge in [0.2, 0.25) is 0 Å². The average Bonchev–Trinajstić information content (AvgIpc) is 2.96. The van der Waals surface area contributed by atoms with Crippen molar-refractivity contribution in [3.63, 3.8) is 0 Å². The van der Waals surface area contributed by atoms with Gasteiger partial charge in [0.25, 0.3) is 0 Å². The Kier molecular flexibility index (Phi) is 4.10. The Bertz CT molecular complexity index is 822. The Morgan fingerprint density at radius 2 is 1.93 bits per heavy atom. The lowest BCUT2D eigenvalue weighted by Crippen LogP contribution is -2.61. The molecule has 0 spiro atoms. The van der Waals surface area contributed by atoms with Gasteiger partial charge in [-0.3, -0.25) is 0 Å². The third-order valence-corrected chi connectivity index (χ3v) is 6.83. The minimum absolute atomic E-state index is 0.0215. The molecule has 27 heavy (non-hydrogen) atoms. The molecule has 6 rings (SSSR count). The minimum Gasteiger partial charge on any atom is -0.338 e. The largest absolute Gasteiger partial charge is 0.338 e. The highest BCUT2D eigenvalue weighted by Gasteiger charge is 2.51. The van der Waals surface area contributed by atoms with Crippen LogP contribution in [0.3, 0.4) is 0 Å². The van der Waals surface area contributed by atoms with Crippen LogP contribution < -0.4 is 10.6 Å². The predicted octanol–water partition coefficient (Wildman–Crippen LogP) is 3.24. The first-order valence-corrected chi connectivity index (χ1v) is 10.4. The number of carbonyl (C=O) groups is 1. The maximum atomic E-state index is 12.5. The van der Waals surface area contributed by atoms with Crippen molar-refractivity contribution in [2.75, 3.05) is 6.54 Å². The zero-order chi connectivity index (χ0) is 18.4. The number of nitrogens with zero attached hydrogens (tertiary/aromatic N) is 3. The van der Waals surface area contributed by atoms with Gasteiger partial charge < -0.3 is 10.6 Å². The number of carbonyl (C=O) groups excluding carboxylic acids is 1. The number of amides is 2. The third-order valence-electron chi connectivity index (χ3n) is 6.83. The van der Waals surface area contributed by atoms with E-state index in [0.717, 1.165) is 47.5 Å². The first-order valence-electron chi connectivity index (χ1n) is 10.4. The van der Waals surface area contributed by atoms with Crippen molar-refractivity contribution in [3.8, 4) is 0 Å². The Morgan fingerprint density at radius 3 is 2.63 bits per heavy atom. The highest BCUT2D eigenvalue weighted by atomic mass is 16.2. The van der Waals surface area contributed by atoms with E-state index in [1.165, 1.54) is 38.5 Å². The SMILES string of the molecule is Cc1cc2ncc(CCCNC(=O)NC34CC5CC(CC(C5)C3)C4)cn2n1. The van der Waals surface area contributed by atoms with E-state index in [1.807, 2.05) is 29.9 Å². The minimum atomic E-state index is 0.0215. The number of hydrogen-bond donors (Lipinski definition) is 2. The molecule has 144 valence electrons. The Balaban J connectivity index is 1.10. The van der Waals surface area contributed by atoms with Gasteiger partial charge in [-0.05, 0) is 81.6 Å². The van der Waals surface area contributed by atoms with Gasteiger partial charge in [0, 0.05) is 30.5 Å². The van der Waals surface area contributed by atoms with Crippen LogP contribution in [0.2, 0.25) is 0 Å². The smallest absolute Gasteiger partial charge is 0.315 e. The van der Waals surface area contributed by atoms with Crippen LogP contribution in [0, 0.1) is 24.7 Å². The molecule has 4 bridgehead atoms. The zero-order valence-electron chi connectivity index (χ0n) is 16.1. The van der Waals surface area contributed by atoms with Crippen molar-refractivity contribution in [2.24, 2.45) is 17.8 Å². The van der Waals surface area contributed by atoms with E-state index in [2.05, 4.69) is 20.7 Å². The molecule has 2 aromatic heterocycles. The van der Waals surface area contributed by atoms with Gasteiger partial charge in [-0.15, -0.1) is 0 Å². The van der Waals surface area contributed by atoms with Gasteiger partial charge in [-0.2, -0.15) is 5.10 Å². The average molecular weight is 367 g/mol. The Morgan fingerprint density at radius 1 is 1.22 bits per heavy atom. The molecule has 0 aliphatic heterocycles. The molecule has 0 aromatic carbocycles. The fourth-order valence-electron chi connectivity index (χ4n) is 6.21. The molecule has 6 heteroatoms. The summed E-state index contributed by atoms with van der Waals surface area (Å²) in [4.78, 5) is 16.9. The highest BCUT2D eigenvalue weighted by Crippen LogP contribution is 2.55. The first kappa shape index (κ1) is 17.0. The number of aromatic nitrogens is 3. The summed E-state index contributed by atoms with van der Waals surface area (Å²) >= 11 is 0. The highest BCUT2D eigenvalue weighted by molar-refractivity contribution is 5.74. The van der Waals surface area contributed by atoms with E-state index >= 15 is 0 Å². The maximum Gasteiger partial charge on any atom is 0.315 e. The van der Waals surface area contributed by atoms with E-state index in [1.54, 1.807) is 0 Å². The third kappa shape index (κ3) is 3.42. The number of urea groups is 1. The quantitative estimate of drug-likeness (QED) is 0.797. The van der Waals surface area contributed by atoms with Gasteiger partial charge >= 0.3 is 6.03 Å². The van der Waals surface area contributed by atoms with Gasteiger partial charge in [-0.25, -0.2) is 14.3 Å². The van der Waals surface area contributed by atoms with Crippen LogP contribution in [0.4, 0.5) is 4.79 Å². The maximum absolute atomic E-state index is 12.5. The Hall–Kier alpha value is -2.11. The van der Waals surface area contributed by atoms with Crippen molar-refractivity contribution in [1.82, 2.24) is 25.2 Å². The summed E-state index contributed by atoms with van der Waals surface area (Å²) in [6, 6.07) is 1.99. The molecule has 4 aliphatic rings. The first-order chi connectivity index (χ1) is 13.1. The van der Waals surface area contributed by atoms with E-state index in [9.17, 15) is 4.79 Å². The van der Waals surface area contributed by atoms with E-state index < -0.39 is 0 Å². The van der Waals surface area contributed by atoms with Crippen LogP contribution in [0.15, 0.2) is 18.5 Å². The van der Waals surface area contributed by atoms with Crippen molar-refractivity contribution in [3.05, 3.63) is 29.7 Å². The monoisotopic (exact) mass is 367 g/mol. The van der Waals surface area contributed by atoms with Crippen LogP contribution >= 0.6 is 0 Å². The fraction of sp³-hybridized carbons (Fsp3) is 0.667. The number of aryl methyl sites for hydroxylation is 2. The van der Waals surface area contributed by atoms with Crippen LogP contribution in [0.1, 0.15) is 56.2 Å². The molecule has 2 N–H and O–H groups in total. The lowest BCUT2D eigenvalue weighted by molar-refractivity contribution is -0.0135. The topological polar surface area (TPSA) is 71.3 Å². The summed E-state index contributed by atoms with van der Waals surface area (Å²) in [5.74, 6) is 2.56. The molecular formula is C21H29N5O. The molecule has 4 saturated carbocycles. The van der Waals surface area contributed by atoms with E-state index in [-0.39, 0.29) is 11.6 Å². The summed E-state index contributed by atoms with van der Waals surface area (Å²) in [6.45, 7) is 2.66. The molecule has 0 radical (unpaired) electrons. The second kappa shape index (κ2) is 6.50. The second-order valence-corrected chi connectivity index (χ2v) is 9.23. The van der Waals surface area contributed by atoms with Gasteiger partial charge in [0.1, 0.15) is 0 Å². The van der Waals surface area contributed by atoms with E-state index in [0.29, 0.717) is 6.54 Å². The molecule has 2 amide bonds. The normalized spacial score (nSPS) is 31.4. The van der Waals surface area contributed by atoms with Gasteiger partial charge in [0.15, 0.2) is 5.65 Å². The van der Waals surface area contributed by atoms with Crippen LogP contribution in [-0.2, 0) is 6.42 Å². The van der Waals surface area contributed by atoms with Crippen LogP contribution in [-0.4, -0.2) is 32.7 Å². The van der Waals surface area contributed by atoms with Gasteiger partial charge in [-0.1, -0.05) is 0 Å². The number of nitrogens with one attached hydrogen (secondary N) is 2. The Labute approximate surface area is 160 Å². The van der Waals surface area contributed by atoms with Crippen molar-refractivity contribution in [1.29, 1.82) is 0 Å². The van der Waals surface area contributed by atoms with Crippen LogP contribution in [0.25, 0.3) is 5.65 Å². The molecule has 2 aromatic rings.